The van der Waals surface area contributed by atoms with Crippen molar-refractivity contribution in [2.45, 2.75) is 13.0 Å². The Balaban J connectivity index is 1.41. The minimum atomic E-state index is -0.346. The Morgan fingerprint density at radius 1 is 1.14 bits per heavy atom. The highest BCUT2D eigenvalue weighted by Crippen LogP contribution is 2.20. The summed E-state index contributed by atoms with van der Waals surface area (Å²) in [5.41, 5.74) is 2.63. The maximum atomic E-state index is 12.4. The van der Waals surface area contributed by atoms with Crippen molar-refractivity contribution in [3.63, 3.8) is 0 Å². The van der Waals surface area contributed by atoms with Gasteiger partial charge in [0.05, 0.1) is 25.1 Å². The van der Waals surface area contributed by atoms with E-state index in [0.717, 1.165) is 5.56 Å². The highest BCUT2D eigenvalue weighted by Gasteiger charge is 2.20. The third-order valence-electron chi connectivity index (χ3n) is 4.57. The van der Waals surface area contributed by atoms with E-state index in [1.165, 1.54) is 0 Å². The number of carbonyl (C=O) groups excluding carboxylic acids is 2. The maximum Gasteiger partial charge on any atom is 0.319 e. The average Bonchev–Trinajstić information content (AvgIpc) is 3.16. The Bertz CT molecular complexity index is 999. The lowest BCUT2D eigenvalue weighted by Gasteiger charge is -2.26. The second kappa shape index (κ2) is 8.70. The predicted octanol–water partition coefficient (Wildman–Crippen LogP) is 1.95. The molecule has 1 aromatic carbocycles. The Kier molecular flexibility index (Phi) is 5.66. The summed E-state index contributed by atoms with van der Waals surface area (Å²) in [4.78, 5) is 34.7. The molecule has 0 radical (unpaired) electrons. The van der Waals surface area contributed by atoms with E-state index >= 15 is 0 Å². The van der Waals surface area contributed by atoms with Crippen LogP contribution in [0.3, 0.4) is 0 Å². The molecule has 0 atom stereocenters. The van der Waals surface area contributed by atoms with E-state index in [0.29, 0.717) is 49.0 Å². The number of aromatic nitrogens is 2. The fourth-order valence-corrected chi connectivity index (χ4v) is 3.11. The molecule has 1 aliphatic rings. The molecule has 2 aromatic heterocycles. The number of morpholine rings is 1. The first kappa shape index (κ1) is 18.9. The highest BCUT2D eigenvalue weighted by molar-refractivity contribution is 5.89. The predicted molar refractivity (Wildman–Crippen MR) is 105 cm³/mol. The molecule has 29 heavy (non-hydrogen) atoms. The number of ether oxygens (including phenoxy) is 1. The fraction of sp³-hybridized carbons (Fsp3) is 0.300. The summed E-state index contributed by atoms with van der Waals surface area (Å²) < 4.78 is 11.0. The molecular weight excluding hydrogens is 374 g/mol. The van der Waals surface area contributed by atoms with Crippen LogP contribution in [0.5, 0.6) is 0 Å². The summed E-state index contributed by atoms with van der Waals surface area (Å²) in [5, 5.41) is 5.50. The van der Waals surface area contributed by atoms with Crippen molar-refractivity contribution < 1.29 is 18.7 Å². The lowest BCUT2D eigenvalue weighted by Crippen LogP contribution is -2.41. The molecule has 0 saturated carbocycles. The minimum absolute atomic E-state index is 0.0321. The molecule has 1 saturated heterocycles. The standard InChI is InChI=1S/C20H21N5O4/c26-18(25-7-9-28-10-8-25)11-17-24-19-14(3-1-5-16(19)29-17)12-22-20(27)23-15-4-2-6-21-13-15/h1-6,13H,7-12H2,(H2,22,23,27). The zero-order chi connectivity index (χ0) is 20.1. The van der Waals surface area contributed by atoms with Crippen molar-refractivity contribution in [3.05, 3.63) is 54.2 Å². The lowest BCUT2D eigenvalue weighted by atomic mass is 10.2. The van der Waals surface area contributed by atoms with Gasteiger partial charge in [0.1, 0.15) is 11.9 Å². The first-order valence-corrected chi connectivity index (χ1v) is 9.37. The lowest BCUT2D eigenvalue weighted by molar-refractivity contribution is -0.134. The van der Waals surface area contributed by atoms with Gasteiger partial charge in [0, 0.05) is 31.4 Å². The van der Waals surface area contributed by atoms with E-state index in [9.17, 15) is 9.59 Å². The van der Waals surface area contributed by atoms with Crippen LogP contribution >= 0.6 is 0 Å². The number of nitrogens with zero attached hydrogens (tertiary/aromatic N) is 3. The Labute approximate surface area is 167 Å². The van der Waals surface area contributed by atoms with Crippen molar-refractivity contribution in [2.24, 2.45) is 0 Å². The summed E-state index contributed by atoms with van der Waals surface area (Å²) in [5.74, 6) is 0.333. The van der Waals surface area contributed by atoms with Crippen LogP contribution in [0, 0.1) is 0 Å². The van der Waals surface area contributed by atoms with Gasteiger partial charge in [-0.3, -0.25) is 9.78 Å². The molecule has 150 valence electrons. The van der Waals surface area contributed by atoms with E-state index in [-0.39, 0.29) is 24.9 Å². The number of oxazole rings is 1. The maximum absolute atomic E-state index is 12.4. The van der Waals surface area contributed by atoms with E-state index in [1.807, 2.05) is 12.1 Å². The van der Waals surface area contributed by atoms with Crippen molar-refractivity contribution in [1.29, 1.82) is 0 Å². The van der Waals surface area contributed by atoms with E-state index in [2.05, 4.69) is 20.6 Å². The number of pyridine rings is 1. The fourth-order valence-electron chi connectivity index (χ4n) is 3.11. The molecule has 0 bridgehead atoms. The highest BCUT2D eigenvalue weighted by atomic mass is 16.5. The van der Waals surface area contributed by atoms with Gasteiger partial charge in [-0.2, -0.15) is 0 Å². The van der Waals surface area contributed by atoms with Crippen LogP contribution in [-0.2, 0) is 22.5 Å². The topological polar surface area (TPSA) is 110 Å². The summed E-state index contributed by atoms with van der Waals surface area (Å²) in [6.07, 6.45) is 3.30. The first-order valence-electron chi connectivity index (χ1n) is 9.37. The molecular formula is C20H21N5O4. The number of nitrogens with one attached hydrogen (secondary N) is 2. The van der Waals surface area contributed by atoms with E-state index < -0.39 is 0 Å². The molecule has 1 fully saturated rings. The monoisotopic (exact) mass is 395 g/mol. The molecule has 4 rings (SSSR count). The van der Waals surface area contributed by atoms with Gasteiger partial charge in [0.15, 0.2) is 5.58 Å². The zero-order valence-corrected chi connectivity index (χ0v) is 15.8. The Hall–Kier alpha value is -3.46. The van der Waals surface area contributed by atoms with Crippen molar-refractivity contribution in [2.75, 3.05) is 31.6 Å². The van der Waals surface area contributed by atoms with Crippen molar-refractivity contribution in [1.82, 2.24) is 20.2 Å². The van der Waals surface area contributed by atoms with Gasteiger partial charge < -0.3 is 24.7 Å². The van der Waals surface area contributed by atoms with Gasteiger partial charge in [-0.1, -0.05) is 12.1 Å². The number of para-hydroxylation sites is 1. The second-order valence-corrected chi connectivity index (χ2v) is 6.59. The largest absolute Gasteiger partial charge is 0.440 e. The summed E-state index contributed by atoms with van der Waals surface area (Å²) in [7, 11) is 0. The van der Waals surface area contributed by atoms with Crippen LogP contribution in [0.2, 0.25) is 0 Å². The first-order chi connectivity index (χ1) is 14.2. The molecule has 1 aliphatic heterocycles. The number of rotatable bonds is 5. The van der Waals surface area contributed by atoms with Crippen LogP contribution in [0.25, 0.3) is 11.1 Å². The number of fused-ring (bicyclic) bond motifs is 1. The molecule has 3 amide bonds. The molecule has 2 N–H and O–H groups in total. The molecule has 3 heterocycles. The van der Waals surface area contributed by atoms with Crippen LogP contribution in [0.15, 0.2) is 47.1 Å². The average molecular weight is 395 g/mol. The number of anilines is 1. The van der Waals surface area contributed by atoms with Crippen molar-refractivity contribution in [3.8, 4) is 0 Å². The quantitative estimate of drug-likeness (QED) is 0.683. The van der Waals surface area contributed by atoms with Gasteiger partial charge in [-0.25, -0.2) is 9.78 Å². The third-order valence-corrected chi connectivity index (χ3v) is 4.57. The SMILES string of the molecule is O=C(NCc1cccc2oc(CC(=O)N3CCOCC3)nc12)Nc1cccnc1. The molecule has 0 unspecified atom stereocenters. The summed E-state index contributed by atoms with van der Waals surface area (Å²) in [6.45, 7) is 2.54. The van der Waals surface area contributed by atoms with Crippen LogP contribution < -0.4 is 10.6 Å². The van der Waals surface area contributed by atoms with Gasteiger partial charge in [-0.15, -0.1) is 0 Å². The number of hydrogen-bond donors (Lipinski definition) is 2. The van der Waals surface area contributed by atoms with Crippen molar-refractivity contribution >= 4 is 28.7 Å². The van der Waals surface area contributed by atoms with Gasteiger partial charge in [-0.05, 0) is 18.2 Å². The second-order valence-electron chi connectivity index (χ2n) is 6.59. The number of amides is 3. The molecule has 0 aliphatic carbocycles. The van der Waals surface area contributed by atoms with Gasteiger partial charge >= 0.3 is 6.03 Å². The van der Waals surface area contributed by atoms with Crippen LogP contribution in [-0.4, -0.2) is 53.1 Å². The van der Waals surface area contributed by atoms with Gasteiger partial charge in [0.25, 0.3) is 0 Å². The summed E-state index contributed by atoms with van der Waals surface area (Å²) >= 11 is 0. The Morgan fingerprint density at radius 3 is 2.79 bits per heavy atom. The molecule has 3 aromatic rings. The molecule has 9 heteroatoms. The van der Waals surface area contributed by atoms with Crippen LogP contribution in [0.1, 0.15) is 11.5 Å². The molecule has 0 spiro atoms. The summed E-state index contributed by atoms with van der Waals surface area (Å²) in [6, 6.07) is 8.64. The smallest absolute Gasteiger partial charge is 0.319 e. The van der Waals surface area contributed by atoms with Gasteiger partial charge in [0.2, 0.25) is 11.8 Å². The zero-order valence-electron chi connectivity index (χ0n) is 15.8. The van der Waals surface area contributed by atoms with Crippen LogP contribution in [0.4, 0.5) is 10.5 Å². The number of carbonyl (C=O) groups is 2. The Morgan fingerprint density at radius 2 is 2.00 bits per heavy atom. The third kappa shape index (κ3) is 4.69. The number of hydrogen-bond acceptors (Lipinski definition) is 6. The molecule has 9 nitrogen and oxygen atoms in total. The number of urea groups is 1. The van der Waals surface area contributed by atoms with E-state index in [4.69, 9.17) is 9.15 Å². The normalized spacial score (nSPS) is 14.0. The number of benzene rings is 1. The minimum Gasteiger partial charge on any atom is -0.440 e. The van der Waals surface area contributed by atoms with E-state index in [1.54, 1.807) is 35.5 Å².